The van der Waals surface area contributed by atoms with Crippen molar-refractivity contribution in [2.75, 3.05) is 0 Å². The molecule has 0 bridgehead atoms. The van der Waals surface area contributed by atoms with Gasteiger partial charge >= 0.3 is 11.9 Å². The Morgan fingerprint density at radius 2 is 0.698 bits per heavy atom. The molecular formula is C35H44O8. The van der Waals surface area contributed by atoms with Crippen LogP contribution in [-0.4, -0.2) is 32.4 Å². The summed E-state index contributed by atoms with van der Waals surface area (Å²) in [6.45, 7) is 0. The number of hydrogen-bond acceptors (Lipinski definition) is 8. The van der Waals surface area contributed by atoms with Crippen LogP contribution >= 0.6 is 0 Å². The molecule has 8 heteroatoms. The molecular weight excluding hydrogens is 548 g/mol. The Morgan fingerprint density at radius 3 is 0.930 bits per heavy atom. The summed E-state index contributed by atoms with van der Waals surface area (Å²) >= 11 is 0. The molecule has 0 unspecified atom stereocenters. The Kier molecular flexibility index (Phi) is 8.18. The van der Waals surface area contributed by atoms with Gasteiger partial charge in [0, 0.05) is 0 Å². The molecule has 2 aromatic carbocycles. The molecule has 0 heterocycles. The van der Waals surface area contributed by atoms with Crippen molar-refractivity contribution in [3.05, 3.63) is 58.7 Å². The largest absolute Gasteiger partial charge is 0.426 e. The van der Waals surface area contributed by atoms with Crippen LogP contribution in [0.2, 0.25) is 0 Å². The normalized spacial score (nSPS) is 23.3. The van der Waals surface area contributed by atoms with Gasteiger partial charge in [-0.05, 0) is 110 Å². The lowest BCUT2D eigenvalue weighted by Crippen LogP contribution is -2.26. The van der Waals surface area contributed by atoms with Crippen LogP contribution < -0.4 is 9.47 Å². The Bertz CT molecular complexity index is 1170. The van der Waals surface area contributed by atoms with Gasteiger partial charge in [0.25, 0.3) is 0 Å². The molecule has 0 saturated heterocycles. The number of hydrogen-bond donors (Lipinski definition) is 4. The minimum atomic E-state index is -1.04. The highest BCUT2D eigenvalue weighted by Crippen LogP contribution is 2.46. The summed E-state index contributed by atoms with van der Waals surface area (Å²) in [6, 6.07) is 10.2. The maximum atomic E-state index is 13.0. The second-order valence-electron chi connectivity index (χ2n) is 13.6. The van der Waals surface area contributed by atoms with E-state index in [2.05, 4.69) is 0 Å². The third-order valence-corrected chi connectivity index (χ3v) is 10.4. The van der Waals surface area contributed by atoms with Gasteiger partial charge in [0.2, 0.25) is 0 Å². The molecule has 0 spiro atoms. The molecule has 232 valence electrons. The number of ether oxygens (including phenoxy) is 2. The number of aliphatic hydroxyl groups is 4. The third kappa shape index (κ3) is 6.25. The molecule has 6 rings (SSSR count). The molecule has 4 aliphatic carbocycles. The number of carbonyl (C=O) groups excluding carboxylic acids is 2. The number of carbonyl (C=O) groups is 2. The quantitative estimate of drug-likeness (QED) is 0.176. The van der Waals surface area contributed by atoms with Crippen molar-refractivity contribution in [1.82, 2.24) is 0 Å². The van der Waals surface area contributed by atoms with Crippen LogP contribution in [0.5, 0.6) is 11.5 Å². The van der Waals surface area contributed by atoms with E-state index in [0.717, 1.165) is 51.4 Å². The highest BCUT2D eigenvalue weighted by atomic mass is 16.6. The van der Waals surface area contributed by atoms with Gasteiger partial charge in [-0.1, -0.05) is 51.4 Å². The lowest BCUT2D eigenvalue weighted by atomic mass is 9.85. The summed E-state index contributed by atoms with van der Waals surface area (Å²) in [4.78, 5) is 25.9. The smallest absolute Gasteiger partial charge is 0.322 e. The molecule has 4 aliphatic rings. The van der Waals surface area contributed by atoms with Crippen molar-refractivity contribution >= 4 is 11.9 Å². The van der Waals surface area contributed by atoms with Crippen LogP contribution in [-0.2, 0) is 32.0 Å². The zero-order valence-corrected chi connectivity index (χ0v) is 24.9. The van der Waals surface area contributed by atoms with Crippen molar-refractivity contribution in [2.24, 2.45) is 0 Å². The number of benzene rings is 2. The van der Waals surface area contributed by atoms with Crippen LogP contribution in [0.15, 0.2) is 36.4 Å². The molecule has 0 amide bonds. The second kappa shape index (κ2) is 11.6. The Balaban J connectivity index is 1.20. The van der Waals surface area contributed by atoms with Crippen LogP contribution in [0.25, 0.3) is 0 Å². The molecule has 0 aliphatic heterocycles. The standard InChI is InChI=1S/C35H44O8/c36-30(42-28-19-24(32(38)9-1-2-10-32)17-25(20-28)33(39)11-3-4-12-33)23-31(37)43-29-21-26(34(40)13-5-6-14-34)18-27(22-29)35(41)15-7-8-16-35/h17-22,38-41H,1-16,23H2. The summed E-state index contributed by atoms with van der Waals surface area (Å²) in [5.41, 5.74) is -1.69. The monoisotopic (exact) mass is 592 g/mol. The van der Waals surface area contributed by atoms with E-state index in [0.29, 0.717) is 73.6 Å². The summed E-state index contributed by atoms with van der Waals surface area (Å²) < 4.78 is 11.2. The molecule has 2 aromatic rings. The molecule has 43 heavy (non-hydrogen) atoms. The summed E-state index contributed by atoms with van der Waals surface area (Å²) in [6.07, 6.45) is 11.3. The van der Waals surface area contributed by atoms with Crippen LogP contribution in [0, 0.1) is 0 Å². The predicted octanol–water partition coefficient (Wildman–Crippen LogP) is 5.63. The zero-order valence-electron chi connectivity index (χ0n) is 24.9. The van der Waals surface area contributed by atoms with Gasteiger partial charge in [-0.3, -0.25) is 9.59 Å². The van der Waals surface area contributed by atoms with E-state index in [1.165, 1.54) is 0 Å². The Labute approximate surface area is 253 Å². The SMILES string of the molecule is O=C(CC(=O)Oc1cc(C2(O)CCCC2)cc(C2(O)CCCC2)c1)Oc1cc(C2(O)CCCC2)cc(C2(O)CCCC2)c1. The maximum Gasteiger partial charge on any atom is 0.322 e. The third-order valence-electron chi connectivity index (χ3n) is 10.4. The van der Waals surface area contributed by atoms with Crippen LogP contribution in [0.1, 0.15) is 131 Å². The van der Waals surface area contributed by atoms with E-state index in [1.54, 1.807) is 24.3 Å². The highest BCUT2D eigenvalue weighted by Gasteiger charge is 2.40. The predicted molar refractivity (Wildman–Crippen MR) is 158 cm³/mol. The first-order valence-electron chi connectivity index (χ1n) is 16.1. The second-order valence-corrected chi connectivity index (χ2v) is 13.6. The van der Waals surface area contributed by atoms with E-state index < -0.39 is 40.8 Å². The van der Waals surface area contributed by atoms with Crippen molar-refractivity contribution in [3.8, 4) is 11.5 Å². The molecule has 8 nitrogen and oxygen atoms in total. The maximum absolute atomic E-state index is 13.0. The van der Waals surface area contributed by atoms with Gasteiger partial charge in [-0.25, -0.2) is 0 Å². The van der Waals surface area contributed by atoms with Crippen LogP contribution in [0.4, 0.5) is 0 Å². The topological polar surface area (TPSA) is 134 Å². The fraction of sp³-hybridized carbons (Fsp3) is 0.600. The first-order chi connectivity index (χ1) is 20.5. The van der Waals surface area contributed by atoms with E-state index in [1.807, 2.05) is 12.1 Å². The van der Waals surface area contributed by atoms with Gasteiger partial charge in [0.05, 0.1) is 22.4 Å². The number of rotatable bonds is 8. The summed E-state index contributed by atoms with van der Waals surface area (Å²) in [7, 11) is 0. The lowest BCUT2D eigenvalue weighted by molar-refractivity contribution is -0.144. The van der Waals surface area contributed by atoms with Gasteiger partial charge in [0.15, 0.2) is 0 Å². The molecule has 4 N–H and O–H groups in total. The van der Waals surface area contributed by atoms with Gasteiger partial charge in [0.1, 0.15) is 17.9 Å². The van der Waals surface area contributed by atoms with E-state index >= 15 is 0 Å². The van der Waals surface area contributed by atoms with Crippen molar-refractivity contribution in [3.63, 3.8) is 0 Å². The van der Waals surface area contributed by atoms with Crippen molar-refractivity contribution in [2.45, 2.75) is 132 Å². The lowest BCUT2D eigenvalue weighted by Gasteiger charge is -2.28. The fourth-order valence-electron chi connectivity index (χ4n) is 7.84. The molecule has 4 saturated carbocycles. The minimum absolute atomic E-state index is 0.183. The van der Waals surface area contributed by atoms with Gasteiger partial charge in [-0.15, -0.1) is 0 Å². The Hall–Kier alpha value is -2.78. The molecule has 0 radical (unpaired) electrons. The van der Waals surface area contributed by atoms with E-state index in [-0.39, 0.29) is 11.5 Å². The minimum Gasteiger partial charge on any atom is -0.426 e. The first kappa shape index (κ1) is 30.3. The Morgan fingerprint density at radius 1 is 0.465 bits per heavy atom. The summed E-state index contributed by atoms with van der Waals surface area (Å²) in [5.74, 6) is -1.26. The highest BCUT2D eigenvalue weighted by molar-refractivity contribution is 5.93. The van der Waals surface area contributed by atoms with Crippen molar-refractivity contribution in [1.29, 1.82) is 0 Å². The van der Waals surface area contributed by atoms with E-state index in [4.69, 9.17) is 9.47 Å². The molecule has 0 atom stereocenters. The fourth-order valence-corrected chi connectivity index (χ4v) is 7.84. The summed E-state index contributed by atoms with van der Waals surface area (Å²) in [5, 5.41) is 45.2. The van der Waals surface area contributed by atoms with Gasteiger partial charge < -0.3 is 29.9 Å². The van der Waals surface area contributed by atoms with Gasteiger partial charge in [-0.2, -0.15) is 0 Å². The average Bonchev–Trinajstić information content (AvgIpc) is 3.79. The van der Waals surface area contributed by atoms with E-state index in [9.17, 15) is 30.0 Å². The molecule has 4 fully saturated rings. The van der Waals surface area contributed by atoms with Crippen LogP contribution in [0.3, 0.4) is 0 Å². The number of esters is 2. The van der Waals surface area contributed by atoms with Crippen molar-refractivity contribution < 1.29 is 39.5 Å². The zero-order chi connectivity index (χ0) is 30.3. The molecule has 0 aromatic heterocycles. The average molecular weight is 593 g/mol. The first-order valence-corrected chi connectivity index (χ1v) is 16.1.